The van der Waals surface area contributed by atoms with Crippen LogP contribution in [0.3, 0.4) is 0 Å². The minimum Gasteiger partial charge on any atom is -0.493 e. The Morgan fingerprint density at radius 2 is 1.67 bits per heavy atom. The number of methoxy groups -OCH3 is 2. The average Bonchev–Trinajstić information content (AvgIpc) is 2.59. The van der Waals surface area contributed by atoms with E-state index in [1.54, 1.807) is 14.2 Å². The zero-order chi connectivity index (χ0) is 17.7. The van der Waals surface area contributed by atoms with Gasteiger partial charge in [0, 0.05) is 6.04 Å². The second-order valence-electron chi connectivity index (χ2n) is 5.70. The van der Waals surface area contributed by atoms with Crippen molar-refractivity contribution in [3.63, 3.8) is 0 Å². The predicted molar refractivity (Wildman–Crippen MR) is 94.2 cm³/mol. The summed E-state index contributed by atoms with van der Waals surface area (Å²) in [5.41, 5.74) is 8.50. The second-order valence-corrected chi connectivity index (χ2v) is 5.70. The van der Waals surface area contributed by atoms with E-state index in [-0.39, 0.29) is 6.04 Å². The quantitative estimate of drug-likeness (QED) is 0.819. The predicted octanol–water partition coefficient (Wildman–Crippen LogP) is 2.89. The second kappa shape index (κ2) is 7.84. The number of rotatable bonds is 7. The van der Waals surface area contributed by atoms with E-state index in [2.05, 4.69) is 5.32 Å². The molecule has 0 saturated carbocycles. The lowest BCUT2D eigenvalue weighted by Gasteiger charge is -2.24. The smallest absolute Gasteiger partial charge is 0.239 e. The van der Waals surface area contributed by atoms with Gasteiger partial charge in [-0.3, -0.25) is 10.1 Å². The first-order valence-corrected chi connectivity index (χ1v) is 7.80. The molecule has 3 N–H and O–H groups in total. The topological polar surface area (TPSA) is 73.6 Å². The Morgan fingerprint density at radius 1 is 1.08 bits per heavy atom. The minimum absolute atomic E-state index is 0.0949. The van der Waals surface area contributed by atoms with Gasteiger partial charge >= 0.3 is 0 Å². The molecular weight excluding hydrogens is 304 g/mol. The standard InChI is InChI=1S/C19H24N2O3/c1-12-10-16(23-3)17(24-4)11-15(12)13(2)21-18(19(20)22)14-8-6-5-7-9-14/h5-11,13,18,21H,1-4H3,(H2,20,22)/t13-,18+/m1/s1. The van der Waals surface area contributed by atoms with Gasteiger partial charge in [0.1, 0.15) is 6.04 Å². The largest absolute Gasteiger partial charge is 0.493 e. The van der Waals surface area contributed by atoms with E-state index in [0.29, 0.717) is 11.5 Å². The zero-order valence-electron chi connectivity index (χ0n) is 14.5. The fraction of sp³-hybridized carbons (Fsp3) is 0.316. The molecule has 5 heteroatoms. The maximum absolute atomic E-state index is 11.9. The van der Waals surface area contributed by atoms with Crippen LogP contribution in [0.15, 0.2) is 42.5 Å². The van der Waals surface area contributed by atoms with Crippen molar-refractivity contribution in [2.45, 2.75) is 25.9 Å². The zero-order valence-corrected chi connectivity index (χ0v) is 14.5. The van der Waals surface area contributed by atoms with Gasteiger partial charge in [-0.1, -0.05) is 30.3 Å². The van der Waals surface area contributed by atoms with Crippen LogP contribution in [0.5, 0.6) is 11.5 Å². The first-order chi connectivity index (χ1) is 11.5. The fourth-order valence-corrected chi connectivity index (χ4v) is 2.79. The maximum Gasteiger partial charge on any atom is 0.239 e. The van der Waals surface area contributed by atoms with Crippen LogP contribution in [0.2, 0.25) is 0 Å². The molecule has 1 amide bonds. The Bertz CT molecular complexity index is 701. The first-order valence-electron chi connectivity index (χ1n) is 7.80. The van der Waals surface area contributed by atoms with Gasteiger partial charge in [0.05, 0.1) is 14.2 Å². The molecule has 0 aromatic heterocycles. The SMILES string of the molecule is COc1cc(C)c([C@@H](C)N[C@H](C(N)=O)c2ccccc2)cc1OC. The van der Waals surface area contributed by atoms with E-state index in [9.17, 15) is 4.79 Å². The van der Waals surface area contributed by atoms with E-state index >= 15 is 0 Å². The monoisotopic (exact) mass is 328 g/mol. The van der Waals surface area contributed by atoms with E-state index in [1.807, 2.05) is 56.3 Å². The summed E-state index contributed by atoms with van der Waals surface area (Å²) in [6.07, 6.45) is 0. The summed E-state index contributed by atoms with van der Waals surface area (Å²) in [6, 6.07) is 12.6. The molecule has 0 radical (unpaired) electrons. The van der Waals surface area contributed by atoms with Gasteiger partial charge < -0.3 is 15.2 Å². The number of hydrogen-bond acceptors (Lipinski definition) is 4. The van der Waals surface area contributed by atoms with Crippen molar-refractivity contribution < 1.29 is 14.3 Å². The Kier molecular flexibility index (Phi) is 5.82. The van der Waals surface area contributed by atoms with Crippen molar-refractivity contribution in [3.8, 4) is 11.5 Å². The molecule has 2 aromatic rings. The third-order valence-corrected chi connectivity index (χ3v) is 4.07. The summed E-state index contributed by atoms with van der Waals surface area (Å²) in [5, 5.41) is 3.31. The average molecular weight is 328 g/mol. The molecule has 5 nitrogen and oxygen atoms in total. The minimum atomic E-state index is -0.561. The Labute approximate surface area is 142 Å². The maximum atomic E-state index is 11.9. The van der Waals surface area contributed by atoms with Crippen LogP contribution in [-0.4, -0.2) is 20.1 Å². The fourth-order valence-electron chi connectivity index (χ4n) is 2.79. The van der Waals surface area contributed by atoms with Crippen LogP contribution < -0.4 is 20.5 Å². The van der Waals surface area contributed by atoms with Gasteiger partial charge in [0.15, 0.2) is 11.5 Å². The van der Waals surface area contributed by atoms with Crippen LogP contribution in [0.1, 0.15) is 35.7 Å². The molecule has 0 spiro atoms. The summed E-state index contributed by atoms with van der Waals surface area (Å²) in [5.74, 6) is 0.925. The lowest BCUT2D eigenvalue weighted by molar-refractivity contribution is -0.120. The molecule has 0 aliphatic rings. The number of ether oxygens (including phenoxy) is 2. The molecule has 0 aliphatic carbocycles. The van der Waals surface area contributed by atoms with Crippen LogP contribution >= 0.6 is 0 Å². The van der Waals surface area contributed by atoms with Crippen LogP contribution in [-0.2, 0) is 4.79 Å². The number of carbonyl (C=O) groups excluding carboxylic acids is 1. The molecule has 0 saturated heterocycles. The summed E-state index contributed by atoms with van der Waals surface area (Å²) in [7, 11) is 3.21. The number of nitrogens with two attached hydrogens (primary N) is 1. The molecule has 0 bridgehead atoms. The molecule has 2 atom stereocenters. The number of nitrogens with one attached hydrogen (secondary N) is 1. The molecule has 2 rings (SSSR count). The number of primary amides is 1. The summed E-state index contributed by atoms with van der Waals surface area (Å²) < 4.78 is 10.7. The lowest BCUT2D eigenvalue weighted by Crippen LogP contribution is -2.35. The van der Waals surface area contributed by atoms with Gasteiger partial charge in [0.2, 0.25) is 5.91 Å². The van der Waals surface area contributed by atoms with E-state index < -0.39 is 11.9 Å². The van der Waals surface area contributed by atoms with Crippen molar-refractivity contribution in [3.05, 3.63) is 59.2 Å². The van der Waals surface area contributed by atoms with Crippen molar-refractivity contribution in [2.75, 3.05) is 14.2 Å². The molecule has 24 heavy (non-hydrogen) atoms. The first kappa shape index (κ1) is 17.8. The highest BCUT2D eigenvalue weighted by atomic mass is 16.5. The van der Waals surface area contributed by atoms with Crippen LogP contribution in [0.25, 0.3) is 0 Å². The summed E-state index contributed by atoms with van der Waals surface area (Å²) >= 11 is 0. The molecule has 128 valence electrons. The summed E-state index contributed by atoms with van der Waals surface area (Å²) in [4.78, 5) is 11.9. The van der Waals surface area contributed by atoms with E-state index in [4.69, 9.17) is 15.2 Å². The highest BCUT2D eigenvalue weighted by Gasteiger charge is 2.22. The summed E-state index contributed by atoms with van der Waals surface area (Å²) in [6.45, 7) is 3.99. The number of hydrogen-bond donors (Lipinski definition) is 2. The van der Waals surface area contributed by atoms with Crippen molar-refractivity contribution in [1.29, 1.82) is 0 Å². The van der Waals surface area contributed by atoms with Crippen molar-refractivity contribution in [1.82, 2.24) is 5.32 Å². The number of amides is 1. The van der Waals surface area contributed by atoms with Crippen molar-refractivity contribution in [2.24, 2.45) is 5.73 Å². The number of carbonyl (C=O) groups is 1. The van der Waals surface area contributed by atoms with Gasteiger partial charge in [-0.15, -0.1) is 0 Å². The van der Waals surface area contributed by atoms with E-state index in [0.717, 1.165) is 16.7 Å². The van der Waals surface area contributed by atoms with Gasteiger partial charge in [0.25, 0.3) is 0 Å². The van der Waals surface area contributed by atoms with Crippen LogP contribution in [0.4, 0.5) is 0 Å². The number of aryl methyl sites for hydroxylation is 1. The molecule has 2 aromatic carbocycles. The third-order valence-electron chi connectivity index (χ3n) is 4.07. The molecule has 0 heterocycles. The van der Waals surface area contributed by atoms with Gasteiger partial charge in [-0.25, -0.2) is 0 Å². The normalized spacial score (nSPS) is 13.2. The van der Waals surface area contributed by atoms with Gasteiger partial charge in [-0.2, -0.15) is 0 Å². The van der Waals surface area contributed by atoms with E-state index in [1.165, 1.54) is 0 Å². The third kappa shape index (κ3) is 3.86. The Balaban J connectivity index is 2.31. The lowest BCUT2D eigenvalue weighted by atomic mass is 9.99. The van der Waals surface area contributed by atoms with Crippen molar-refractivity contribution >= 4 is 5.91 Å². The highest BCUT2D eigenvalue weighted by Crippen LogP contribution is 2.33. The molecule has 0 aliphatic heterocycles. The highest BCUT2D eigenvalue weighted by molar-refractivity contribution is 5.81. The van der Waals surface area contributed by atoms with Crippen LogP contribution in [0, 0.1) is 6.92 Å². The van der Waals surface area contributed by atoms with Gasteiger partial charge in [-0.05, 0) is 42.7 Å². The Morgan fingerprint density at radius 3 is 2.21 bits per heavy atom. The molecule has 0 unspecified atom stereocenters. The molecule has 0 fully saturated rings. The number of benzene rings is 2. The Hall–Kier alpha value is -2.53. The molecular formula is C19H24N2O3.